The summed E-state index contributed by atoms with van der Waals surface area (Å²) in [5.74, 6) is 2.11. The Morgan fingerprint density at radius 3 is 2.83 bits per heavy atom. The predicted octanol–water partition coefficient (Wildman–Crippen LogP) is 1.60. The molecule has 0 aromatic carbocycles. The summed E-state index contributed by atoms with van der Waals surface area (Å²) >= 11 is 0. The monoisotopic (exact) mass is 326 g/mol. The Morgan fingerprint density at radius 1 is 1.33 bits per heavy atom. The summed E-state index contributed by atoms with van der Waals surface area (Å²) in [5.41, 5.74) is 2.44. The number of ether oxygens (including phenoxy) is 1. The fourth-order valence-corrected chi connectivity index (χ4v) is 3.62. The van der Waals surface area contributed by atoms with E-state index >= 15 is 0 Å². The van der Waals surface area contributed by atoms with Crippen molar-refractivity contribution in [3.05, 3.63) is 17.3 Å². The zero-order valence-corrected chi connectivity index (χ0v) is 14.2. The highest BCUT2D eigenvalue weighted by Gasteiger charge is 2.32. The minimum atomic E-state index is 0.434. The topological polar surface area (TPSA) is 69.7 Å². The number of nitrogens with zero attached hydrogens (tertiary/aromatic N) is 6. The molecule has 2 aromatic rings. The van der Waals surface area contributed by atoms with Crippen LogP contribution in [0.1, 0.15) is 31.4 Å². The van der Waals surface area contributed by atoms with E-state index < -0.39 is 0 Å². The van der Waals surface area contributed by atoms with E-state index in [1.165, 1.54) is 5.56 Å². The summed E-state index contributed by atoms with van der Waals surface area (Å²) in [5, 5.41) is 13.9. The first-order valence-corrected chi connectivity index (χ1v) is 8.64. The van der Waals surface area contributed by atoms with Gasteiger partial charge in [-0.2, -0.15) is 14.9 Å². The maximum absolute atomic E-state index is 9.40. The molecule has 7 heteroatoms. The van der Waals surface area contributed by atoms with Crippen LogP contribution in [0.5, 0.6) is 0 Å². The standard InChI is InChI=1S/C17H22N6O/c1-3-12(2)22-5-4-14-16(21-6-8-24-9-7-21)20-15-13(10-18)11-19-23(15)17(14)22/h11-12H,3-9H2,1-2H3. The summed E-state index contributed by atoms with van der Waals surface area (Å²) in [6, 6.07) is 2.66. The Labute approximate surface area is 141 Å². The number of hydrogen-bond donors (Lipinski definition) is 0. The molecule has 0 aliphatic carbocycles. The average Bonchev–Trinajstić information content (AvgIpc) is 3.24. The van der Waals surface area contributed by atoms with Crippen molar-refractivity contribution in [3.8, 4) is 6.07 Å². The molecule has 2 aliphatic rings. The molecule has 0 bridgehead atoms. The van der Waals surface area contributed by atoms with Crippen molar-refractivity contribution in [1.82, 2.24) is 14.6 Å². The Kier molecular flexibility index (Phi) is 3.77. The van der Waals surface area contributed by atoms with Gasteiger partial charge < -0.3 is 14.5 Å². The van der Waals surface area contributed by atoms with Crippen LogP contribution in [0.2, 0.25) is 0 Å². The van der Waals surface area contributed by atoms with Gasteiger partial charge in [-0.1, -0.05) is 6.92 Å². The van der Waals surface area contributed by atoms with E-state index in [0.717, 1.165) is 57.3 Å². The van der Waals surface area contributed by atoms with Gasteiger partial charge in [0.05, 0.1) is 19.4 Å². The summed E-state index contributed by atoms with van der Waals surface area (Å²) in [6.07, 6.45) is 3.67. The van der Waals surface area contributed by atoms with Crippen LogP contribution in [0.25, 0.3) is 5.65 Å². The molecule has 0 spiro atoms. The van der Waals surface area contributed by atoms with Crippen molar-refractivity contribution in [2.75, 3.05) is 42.6 Å². The molecule has 1 saturated heterocycles. The highest BCUT2D eigenvalue weighted by Crippen LogP contribution is 2.37. The summed E-state index contributed by atoms with van der Waals surface area (Å²) in [7, 11) is 0. The predicted molar refractivity (Wildman–Crippen MR) is 91.5 cm³/mol. The van der Waals surface area contributed by atoms with E-state index in [-0.39, 0.29) is 0 Å². The third kappa shape index (κ3) is 2.21. The minimum Gasteiger partial charge on any atom is -0.378 e. The second kappa shape index (κ2) is 5.95. The quantitative estimate of drug-likeness (QED) is 0.853. The number of anilines is 2. The van der Waals surface area contributed by atoms with Crippen LogP contribution in [0.4, 0.5) is 11.6 Å². The van der Waals surface area contributed by atoms with Crippen LogP contribution in [0.3, 0.4) is 0 Å². The molecule has 24 heavy (non-hydrogen) atoms. The number of hydrogen-bond acceptors (Lipinski definition) is 6. The van der Waals surface area contributed by atoms with E-state index in [1.54, 1.807) is 6.20 Å². The summed E-state index contributed by atoms with van der Waals surface area (Å²) in [4.78, 5) is 9.54. The van der Waals surface area contributed by atoms with E-state index in [9.17, 15) is 5.26 Å². The van der Waals surface area contributed by atoms with Crippen LogP contribution < -0.4 is 9.80 Å². The second-order valence-corrected chi connectivity index (χ2v) is 6.44. The fourth-order valence-electron chi connectivity index (χ4n) is 3.62. The first-order chi connectivity index (χ1) is 11.7. The van der Waals surface area contributed by atoms with E-state index in [4.69, 9.17) is 9.72 Å². The maximum atomic E-state index is 9.40. The minimum absolute atomic E-state index is 0.434. The van der Waals surface area contributed by atoms with Gasteiger partial charge in [0.15, 0.2) is 5.65 Å². The first-order valence-electron chi connectivity index (χ1n) is 8.64. The molecule has 1 atom stereocenters. The SMILES string of the molecule is CCC(C)N1CCc2c(N3CCOCC3)nc3c(C#N)cnn3c21. The van der Waals surface area contributed by atoms with Crippen LogP contribution in [-0.2, 0) is 11.2 Å². The van der Waals surface area contributed by atoms with Gasteiger partial charge in [-0.3, -0.25) is 0 Å². The van der Waals surface area contributed by atoms with E-state index in [1.807, 2.05) is 4.52 Å². The molecule has 0 saturated carbocycles. The molecule has 0 amide bonds. The summed E-state index contributed by atoms with van der Waals surface area (Å²) < 4.78 is 7.34. The van der Waals surface area contributed by atoms with Crippen molar-refractivity contribution in [3.63, 3.8) is 0 Å². The summed E-state index contributed by atoms with van der Waals surface area (Å²) in [6.45, 7) is 8.55. The van der Waals surface area contributed by atoms with Gasteiger partial charge in [-0.25, -0.2) is 4.98 Å². The van der Waals surface area contributed by atoms with Gasteiger partial charge in [0.1, 0.15) is 23.3 Å². The molecular formula is C17H22N6O. The van der Waals surface area contributed by atoms with Gasteiger partial charge >= 0.3 is 0 Å². The fraction of sp³-hybridized carbons (Fsp3) is 0.588. The molecule has 0 N–H and O–H groups in total. The van der Waals surface area contributed by atoms with Crippen molar-refractivity contribution >= 4 is 17.3 Å². The molecule has 4 heterocycles. The normalized spacial score (nSPS) is 18.7. The van der Waals surface area contributed by atoms with Gasteiger partial charge in [0.25, 0.3) is 0 Å². The zero-order chi connectivity index (χ0) is 16.7. The van der Waals surface area contributed by atoms with Crippen LogP contribution in [0, 0.1) is 11.3 Å². The lowest BCUT2D eigenvalue weighted by atomic mass is 10.2. The molecule has 1 fully saturated rings. The Bertz CT molecular complexity index is 801. The lowest BCUT2D eigenvalue weighted by Gasteiger charge is -2.30. The van der Waals surface area contributed by atoms with Crippen LogP contribution in [-0.4, -0.2) is 53.5 Å². The maximum Gasteiger partial charge on any atom is 0.177 e. The van der Waals surface area contributed by atoms with Gasteiger partial charge in [0.2, 0.25) is 0 Å². The molecule has 126 valence electrons. The molecule has 2 aliphatic heterocycles. The van der Waals surface area contributed by atoms with Gasteiger partial charge in [0, 0.05) is 31.2 Å². The van der Waals surface area contributed by atoms with Crippen molar-refractivity contribution in [2.45, 2.75) is 32.7 Å². The largest absolute Gasteiger partial charge is 0.378 e. The number of morpholine rings is 1. The highest BCUT2D eigenvalue weighted by atomic mass is 16.5. The van der Waals surface area contributed by atoms with Crippen molar-refractivity contribution < 1.29 is 4.74 Å². The molecule has 7 nitrogen and oxygen atoms in total. The first kappa shape index (κ1) is 15.2. The Balaban J connectivity index is 1.92. The lowest BCUT2D eigenvalue weighted by Crippen LogP contribution is -2.37. The second-order valence-electron chi connectivity index (χ2n) is 6.44. The van der Waals surface area contributed by atoms with Gasteiger partial charge in [-0.15, -0.1) is 0 Å². The van der Waals surface area contributed by atoms with E-state index in [0.29, 0.717) is 17.3 Å². The molecule has 0 radical (unpaired) electrons. The van der Waals surface area contributed by atoms with E-state index in [2.05, 4.69) is 34.8 Å². The molecule has 4 rings (SSSR count). The Hall–Kier alpha value is -2.33. The molecular weight excluding hydrogens is 304 g/mol. The number of fused-ring (bicyclic) bond motifs is 3. The van der Waals surface area contributed by atoms with Crippen LogP contribution >= 0.6 is 0 Å². The molecule has 2 aromatic heterocycles. The lowest BCUT2D eigenvalue weighted by molar-refractivity contribution is 0.122. The van der Waals surface area contributed by atoms with Gasteiger partial charge in [-0.05, 0) is 19.8 Å². The third-order valence-electron chi connectivity index (χ3n) is 5.12. The number of rotatable bonds is 3. The third-order valence-corrected chi connectivity index (χ3v) is 5.12. The highest BCUT2D eigenvalue weighted by molar-refractivity contribution is 5.72. The zero-order valence-electron chi connectivity index (χ0n) is 14.2. The number of nitriles is 1. The smallest absolute Gasteiger partial charge is 0.177 e. The molecule has 1 unspecified atom stereocenters. The Morgan fingerprint density at radius 2 is 2.12 bits per heavy atom. The number of aromatic nitrogens is 3. The van der Waals surface area contributed by atoms with Crippen molar-refractivity contribution in [1.29, 1.82) is 5.26 Å². The van der Waals surface area contributed by atoms with Crippen molar-refractivity contribution in [2.24, 2.45) is 0 Å². The average molecular weight is 326 g/mol. The van der Waals surface area contributed by atoms with Crippen LogP contribution in [0.15, 0.2) is 6.20 Å².